The van der Waals surface area contributed by atoms with E-state index >= 15 is 0 Å². The van der Waals surface area contributed by atoms with Crippen LogP contribution in [0.5, 0.6) is 0 Å². The molecule has 1 aliphatic rings. The third-order valence-corrected chi connectivity index (χ3v) is 7.46. The Morgan fingerprint density at radius 2 is 1.94 bits per heavy atom. The number of rotatable bonds is 4. The summed E-state index contributed by atoms with van der Waals surface area (Å²) in [7, 11) is 3.89. The lowest BCUT2D eigenvalue weighted by Crippen LogP contribution is -2.32. The molecule has 1 saturated heterocycles. The summed E-state index contributed by atoms with van der Waals surface area (Å²) < 4.78 is 5.44. The Bertz CT molecular complexity index is 1430. The molecular weight excluding hydrogens is 434 g/mol. The van der Waals surface area contributed by atoms with Crippen LogP contribution in [0.25, 0.3) is 16.6 Å². The van der Waals surface area contributed by atoms with Crippen LogP contribution in [0, 0.1) is 18.3 Å². The minimum absolute atomic E-state index is 0.0738. The van der Waals surface area contributed by atoms with E-state index in [1.807, 2.05) is 30.6 Å². The molecule has 0 bridgehead atoms. The zero-order chi connectivity index (χ0) is 23.1. The topological polar surface area (TPSA) is 84.1 Å². The van der Waals surface area contributed by atoms with E-state index < -0.39 is 0 Å². The molecule has 4 aromatic rings. The van der Waals surface area contributed by atoms with Crippen LogP contribution in [0.2, 0.25) is 0 Å². The number of aromatic nitrogens is 5. The third kappa shape index (κ3) is 3.86. The van der Waals surface area contributed by atoms with Gasteiger partial charge in [0.2, 0.25) is 0 Å². The molecule has 1 aliphatic heterocycles. The molecule has 0 N–H and O–H groups in total. The van der Waals surface area contributed by atoms with E-state index in [9.17, 15) is 10.1 Å². The molecule has 168 valence electrons. The first-order chi connectivity index (χ1) is 16.0. The maximum absolute atomic E-state index is 12.7. The predicted molar refractivity (Wildman–Crippen MR) is 127 cm³/mol. The van der Waals surface area contributed by atoms with Crippen LogP contribution in [0.4, 0.5) is 0 Å². The SMILES string of the molecule is Cc1c(-c2cc(Sc3cccn(C)c3=O)c3c(C#N)cnn3c2)cnn1C1CCN(C)CC1. The molecule has 0 amide bonds. The van der Waals surface area contributed by atoms with Crippen LogP contribution in [0.15, 0.2) is 57.6 Å². The van der Waals surface area contributed by atoms with Gasteiger partial charge in [-0.05, 0) is 58.1 Å². The first kappa shape index (κ1) is 21.5. The largest absolute Gasteiger partial charge is 0.318 e. The third-order valence-electron chi connectivity index (χ3n) is 6.40. The average molecular weight is 460 g/mol. The fourth-order valence-corrected chi connectivity index (χ4v) is 5.58. The van der Waals surface area contributed by atoms with Crippen LogP contribution in [0.3, 0.4) is 0 Å². The van der Waals surface area contributed by atoms with Gasteiger partial charge in [0.1, 0.15) is 6.07 Å². The van der Waals surface area contributed by atoms with E-state index in [-0.39, 0.29) is 5.56 Å². The predicted octanol–water partition coefficient (Wildman–Crippen LogP) is 3.49. The van der Waals surface area contributed by atoms with Crippen molar-refractivity contribution in [3.8, 4) is 17.2 Å². The molecule has 0 aliphatic carbocycles. The van der Waals surface area contributed by atoms with Gasteiger partial charge in [0.15, 0.2) is 0 Å². The number of nitriles is 1. The van der Waals surface area contributed by atoms with Crippen molar-refractivity contribution < 1.29 is 0 Å². The molecule has 0 saturated carbocycles. The summed E-state index contributed by atoms with van der Waals surface area (Å²) in [6.45, 7) is 4.25. The van der Waals surface area contributed by atoms with Gasteiger partial charge < -0.3 is 9.47 Å². The standard InChI is InChI=1S/C24H25N7OS/c1-16-20(14-27-31(16)19-6-9-28(2)10-7-19)17-11-22(23-18(12-25)13-26-30(23)15-17)33-21-5-4-8-29(3)24(21)32/h4-5,8,11,13-15,19H,6-7,9-10H2,1-3H3. The molecule has 9 heteroatoms. The normalized spacial score (nSPS) is 15.2. The molecule has 0 spiro atoms. The van der Waals surface area contributed by atoms with E-state index in [1.165, 1.54) is 11.8 Å². The maximum Gasteiger partial charge on any atom is 0.264 e. The first-order valence-corrected chi connectivity index (χ1v) is 11.8. The molecule has 0 radical (unpaired) electrons. The first-order valence-electron chi connectivity index (χ1n) is 10.9. The van der Waals surface area contributed by atoms with Crippen LogP contribution < -0.4 is 5.56 Å². The summed E-state index contributed by atoms with van der Waals surface area (Å²) in [5.41, 5.74) is 4.22. The fraction of sp³-hybridized carbons (Fsp3) is 0.333. The molecule has 4 aromatic heterocycles. The number of hydrogen-bond donors (Lipinski definition) is 0. The number of aryl methyl sites for hydroxylation is 1. The van der Waals surface area contributed by atoms with Crippen LogP contribution >= 0.6 is 11.8 Å². The molecule has 0 unspecified atom stereocenters. The van der Waals surface area contributed by atoms with E-state index in [0.29, 0.717) is 22.0 Å². The Balaban J connectivity index is 1.60. The second kappa shape index (κ2) is 8.54. The van der Waals surface area contributed by atoms with Crippen molar-refractivity contribution in [1.29, 1.82) is 5.26 Å². The zero-order valence-electron chi connectivity index (χ0n) is 18.9. The van der Waals surface area contributed by atoms with Crippen molar-refractivity contribution in [3.63, 3.8) is 0 Å². The van der Waals surface area contributed by atoms with Gasteiger partial charge in [-0.2, -0.15) is 15.5 Å². The number of nitrogens with zero attached hydrogens (tertiary/aromatic N) is 7. The van der Waals surface area contributed by atoms with Gasteiger partial charge >= 0.3 is 0 Å². The minimum Gasteiger partial charge on any atom is -0.318 e. The smallest absolute Gasteiger partial charge is 0.264 e. The van der Waals surface area contributed by atoms with Gasteiger partial charge in [-0.15, -0.1) is 0 Å². The average Bonchev–Trinajstić information content (AvgIpc) is 3.41. The molecule has 5 rings (SSSR count). The maximum atomic E-state index is 12.7. The van der Waals surface area contributed by atoms with Gasteiger partial charge in [-0.3, -0.25) is 9.48 Å². The quantitative estimate of drug-likeness (QED) is 0.465. The Kier molecular flexibility index (Phi) is 5.56. The molecular formula is C24H25N7OS. The van der Waals surface area contributed by atoms with Gasteiger partial charge in [0.25, 0.3) is 5.56 Å². The van der Waals surface area contributed by atoms with Gasteiger partial charge in [-0.1, -0.05) is 11.8 Å². The fourth-order valence-electron chi connectivity index (χ4n) is 4.47. The van der Waals surface area contributed by atoms with Gasteiger partial charge in [0.05, 0.1) is 34.4 Å². The highest BCUT2D eigenvalue weighted by molar-refractivity contribution is 7.99. The van der Waals surface area contributed by atoms with E-state index in [4.69, 9.17) is 5.10 Å². The van der Waals surface area contributed by atoms with Crippen molar-refractivity contribution in [1.82, 2.24) is 28.9 Å². The molecule has 1 fully saturated rings. The summed E-state index contributed by atoms with van der Waals surface area (Å²) in [6.07, 6.45) is 9.33. The van der Waals surface area contributed by atoms with Crippen molar-refractivity contribution >= 4 is 17.3 Å². The summed E-state index contributed by atoms with van der Waals surface area (Å²) >= 11 is 1.36. The molecule has 5 heterocycles. The number of fused-ring (bicyclic) bond motifs is 1. The molecule has 0 atom stereocenters. The highest BCUT2D eigenvalue weighted by atomic mass is 32.2. The van der Waals surface area contributed by atoms with E-state index in [0.717, 1.165) is 47.6 Å². The zero-order valence-corrected chi connectivity index (χ0v) is 19.7. The summed E-state index contributed by atoms with van der Waals surface area (Å²) in [5.74, 6) is 0. The lowest BCUT2D eigenvalue weighted by Gasteiger charge is -2.29. The number of likely N-dealkylation sites (tertiary alicyclic amines) is 1. The Labute approximate surface area is 196 Å². The molecule has 8 nitrogen and oxygen atoms in total. The lowest BCUT2D eigenvalue weighted by molar-refractivity contribution is 0.210. The minimum atomic E-state index is -0.0738. The van der Waals surface area contributed by atoms with Crippen LogP contribution in [0.1, 0.15) is 30.1 Å². The lowest BCUT2D eigenvalue weighted by atomic mass is 10.0. The van der Waals surface area contributed by atoms with E-state index in [1.54, 1.807) is 28.5 Å². The highest BCUT2D eigenvalue weighted by Gasteiger charge is 2.23. The Morgan fingerprint density at radius 3 is 2.70 bits per heavy atom. The highest BCUT2D eigenvalue weighted by Crippen LogP contribution is 2.36. The summed E-state index contributed by atoms with van der Waals surface area (Å²) in [5, 5.41) is 18.8. The van der Waals surface area contributed by atoms with Crippen LogP contribution in [-0.2, 0) is 7.05 Å². The van der Waals surface area contributed by atoms with Crippen molar-refractivity contribution in [3.05, 3.63) is 64.6 Å². The molecule has 33 heavy (non-hydrogen) atoms. The molecule has 0 aromatic carbocycles. The van der Waals surface area contributed by atoms with Crippen molar-refractivity contribution in [2.24, 2.45) is 7.05 Å². The van der Waals surface area contributed by atoms with E-state index in [2.05, 4.69) is 34.7 Å². The van der Waals surface area contributed by atoms with Gasteiger partial charge in [0, 0.05) is 41.2 Å². The monoisotopic (exact) mass is 459 g/mol. The Hall–Kier alpha value is -3.35. The second-order valence-electron chi connectivity index (χ2n) is 8.57. The number of hydrogen-bond acceptors (Lipinski definition) is 6. The number of piperidine rings is 1. The van der Waals surface area contributed by atoms with Gasteiger partial charge in [-0.25, -0.2) is 4.52 Å². The van der Waals surface area contributed by atoms with Crippen molar-refractivity contribution in [2.75, 3.05) is 20.1 Å². The Morgan fingerprint density at radius 1 is 1.15 bits per heavy atom. The van der Waals surface area contributed by atoms with Crippen molar-refractivity contribution in [2.45, 2.75) is 35.6 Å². The summed E-state index contributed by atoms with van der Waals surface area (Å²) in [6, 6.07) is 8.32. The summed E-state index contributed by atoms with van der Waals surface area (Å²) in [4.78, 5) is 16.4. The van der Waals surface area contributed by atoms with Crippen LogP contribution in [-0.4, -0.2) is 49.0 Å². The second-order valence-corrected chi connectivity index (χ2v) is 9.65. The number of pyridine rings is 2.